The largest absolute Gasteiger partial charge is 0.352 e. The fourth-order valence-corrected chi connectivity index (χ4v) is 2.80. The van der Waals surface area contributed by atoms with Gasteiger partial charge < -0.3 is 11.1 Å². The van der Waals surface area contributed by atoms with Gasteiger partial charge in [0.2, 0.25) is 5.91 Å². The molecule has 1 saturated carbocycles. The second kappa shape index (κ2) is 5.88. The summed E-state index contributed by atoms with van der Waals surface area (Å²) in [6.45, 7) is 0.726. The lowest BCUT2D eigenvalue weighted by Gasteiger charge is -2.25. The van der Waals surface area contributed by atoms with Gasteiger partial charge in [0.1, 0.15) is 5.82 Å². The van der Waals surface area contributed by atoms with Crippen molar-refractivity contribution in [3.63, 3.8) is 0 Å². The number of carbonyl (C=O) groups is 1. The van der Waals surface area contributed by atoms with Crippen molar-refractivity contribution in [2.45, 2.75) is 32.2 Å². The highest BCUT2D eigenvalue weighted by atomic mass is 35.5. The number of benzene rings is 1. The Morgan fingerprint density at radius 3 is 2.68 bits per heavy atom. The van der Waals surface area contributed by atoms with E-state index in [0.29, 0.717) is 13.1 Å². The van der Waals surface area contributed by atoms with E-state index in [9.17, 15) is 9.18 Å². The van der Waals surface area contributed by atoms with Crippen LogP contribution in [0.25, 0.3) is 0 Å². The first kappa shape index (κ1) is 14.3. The molecule has 1 aliphatic rings. The van der Waals surface area contributed by atoms with Crippen LogP contribution in [0.2, 0.25) is 5.02 Å². The molecule has 0 saturated heterocycles. The zero-order valence-electron chi connectivity index (χ0n) is 10.7. The van der Waals surface area contributed by atoms with Gasteiger partial charge >= 0.3 is 0 Å². The first-order valence-electron chi connectivity index (χ1n) is 6.50. The van der Waals surface area contributed by atoms with Crippen LogP contribution >= 0.6 is 11.6 Å². The third kappa shape index (κ3) is 3.07. The molecule has 104 valence electrons. The molecule has 0 aliphatic heterocycles. The Labute approximate surface area is 117 Å². The van der Waals surface area contributed by atoms with Gasteiger partial charge in [-0.3, -0.25) is 4.79 Å². The number of carbonyl (C=O) groups excluding carboxylic acids is 1. The molecule has 3 nitrogen and oxygen atoms in total. The number of hydrogen-bond acceptors (Lipinski definition) is 2. The minimum absolute atomic E-state index is 0.00653. The van der Waals surface area contributed by atoms with Crippen LogP contribution in [0.5, 0.6) is 0 Å². The SMILES string of the molecule is NCC1(C(=O)NCc2ccc(F)c(Cl)c2)CCCC1. The average molecular weight is 285 g/mol. The highest BCUT2D eigenvalue weighted by Gasteiger charge is 2.39. The molecule has 1 amide bonds. The van der Waals surface area contributed by atoms with E-state index in [2.05, 4.69) is 5.32 Å². The quantitative estimate of drug-likeness (QED) is 0.893. The second-order valence-corrected chi connectivity index (χ2v) is 5.53. The zero-order chi connectivity index (χ0) is 13.9. The number of nitrogens with two attached hydrogens (primary N) is 1. The van der Waals surface area contributed by atoms with Crippen molar-refractivity contribution >= 4 is 17.5 Å². The summed E-state index contributed by atoms with van der Waals surface area (Å²) in [7, 11) is 0. The van der Waals surface area contributed by atoms with E-state index in [-0.39, 0.29) is 10.9 Å². The summed E-state index contributed by atoms with van der Waals surface area (Å²) in [6.07, 6.45) is 3.79. The van der Waals surface area contributed by atoms with Crippen LogP contribution in [0, 0.1) is 11.2 Å². The molecule has 0 heterocycles. The molecule has 1 aromatic carbocycles. The summed E-state index contributed by atoms with van der Waals surface area (Å²) in [5.41, 5.74) is 6.12. The molecule has 1 aliphatic carbocycles. The molecule has 1 aromatic rings. The summed E-state index contributed by atoms with van der Waals surface area (Å²) in [5.74, 6) is -0.459. The minimum Gasteiger partial charge on any atom is -0.352 e. The van der Waals surface area contributed by atoms with Crippen molar-refractivity contribution in [2.75, 3.05) is 6.54 Å². The highest BCUT2D eigenvalue weighted by molar-refractivity contribution is 6.30. The van der Waals surface area contributed by atoms with Crippen LogP contribution in [-0.4, -0.2) is 12.5 Å². The van der Waals surface area contributed by atoms with Crippen LogP contribution in [0.3, 0.4) is 0 Å². The standard InChI is InChI=1S/C14H18ClFN2O/c15-11-7-10(3-4-12(11)16)8-18-13(19)14(9-17)5-1-2-6-14/h3-4,7H,1-2,5-6,8-9,17H2,(H,18,19). The van der Waals surface area contributed by atoms with Crippen LogP contribution in [-0.2, 0) is 11.3 Å². The lowest BCUT2D eigenvalue weighted by Crippen LogP contribution is -2.43. The summed E-state index contributed by atoms with van der Waals surface area (Å²) >= 11 is 5.70. The van der Waals surface area contributed by atoms with Gasteiger partial charge in [-0.25, -0.2) is 4.39 Å². The molecule has 3 N–H and O–H groups in total. The predicted molar refractivity (Wildman–Crippen MR) is 73.2 cm³/mol. The normalized spacial score (nSPS) is 17.4. The molecule has 0 radical (unpaired) electrons. The molecule has 5 heteroatoms. The molecule has 0 bridgehead atoms. The van der Waals surface area contributed by atoms with Crippen molar-refractivity contribution in [3.05, 3.63) is 34.6 Å². The summed E-state index contributed by atoms with van der Waals surface area (Å²) in [6, 6.07) is 4.45. The van der Waals surface area contributed by atoms with Crippen molar-refractivity contribution < 1.29 is 9.18 Å². The monoisotopic (exact) mass is 284 g/mol. The molecule has 1 fully saturated rings. The van der Waals surface area contributed by atoms with Crippen molar-refractivity contribution in [1.82, 2.24) is 5.32 Å². The summed E-state index contributed by atoms with van der Waals surface area (Å²) in [5, 5.41) is 2.95. The van der Waals surface area contributed by atoms with E-state index < -0.39 is 11.2 Å². The van der Waals surface area contributed by atoms with Gasteiger partial charge in [0.25, 0.3) is 0 Å². The second-order valence-electron chi connectivity index (χ2n) is 5.12. The number of halogens is 2. The molecule has 0 spiro atoms. The Bertz CT molecular complexity index is 473. The van der Waals surface area contributed by atoms with Gasteiger partial charge in [0.05, 0.1) is 10.4 Å². The van der Waals surface area contributed by atoms with Gasteiger partial charge in [-0.2, -0.15) is 0 Å². The maximum atomic E-state index is 13.0. The Balaban J connectivity index is 1.98. The van der Waals surface area contributed by atoms with Crippen molar-refractivity contribution in [1.29, 1.82) is 0 Å². The first-order valence-corrected chi connectivity index (χ1v) is 6.87. The van der Waals surface area contributed by atoms with E-state index in [0.717, 1.165) is 31.2 Å². The third-order valence-electron chi connectivity index (χ3n) is 3.87. The van der Waals surface area contributed by atoms with Crippen LogP contribution in [0.1, 0.15) is 31.2 Å². The first-order chi connectivity index (χ1) is 9.07. The average Bonchev–Trinajstić information content (AvgIpc) is 2.90. The van der Waals surface area contributed by atoms with E-state index in [1.54, 1.807) is 6.07 Å². The Hall–Kier alpha value is -1.13. The number of nitrogens with one attached hydrogen (secondary N) is 1. The highest BCUT2D eigenvalue weighted by Crippen LogP contribution is 2.37. The number of amides is 1. The van der Waals surface area contributed by atoms with E-state index in [1.165, 1.54) is 12.1 Å². The van der Waals surface area contributed by atoms with Gasteiger partial charge in [-0.05, 0) is 30.5 Å². The lowest BCUT2D eigenvalue weighted by atomic mass is 9.85. The molecule has 2 rings (SSSR count). The lowest BCUT2D eigenvalue weighted by molar-refractivity contribution is -0.130. The Morgan fingerprint density at radius 1 is 1.42 bits per heavy atom. The zero-order valence-corrected chi connectivity index (χ0v) is 11.5. The maximum absolute atomic E-state index is 13.0. The molecule has 0 aromatic heterocycles. The fraction of sp³-hybridized carbons (Fsp3) is 0.500. The summed E-state index contributed by atoms with van der Waals surface area (Å²) < 4.78 is 13.0. The van der Waals surface area contributed by atoms with Crippen LogP contribution in [0.15, 0.2) is 18.2 Å². The molecule has 19 heavy (non-hydrogen) atoms. The van der Waals surface area contributed by atoms with Gasteiger partial charge in [-0.1, -0.05) is 30.5 Å². The maximum Gasteiger partial charge on any atom is 0.227 e. The molecule has 0 atom stereocenters. The Kier molecular flexibility index (Phi) is 4.42. The number of rotatable bonds is 4. The van der Waals surface area contributed by atoms with Crippen molar-refractivity contribution in [3.8, 4) is 0 Å². The van der Waals surface area contributed by atoms with Crippen LogP contribution in [0.4, 0.5) is 4.39 Å². The van der Waals surface area contributed by atoms with E-state index >= 15 is 0 Å². The van der Waals surface area contributed by atoms with Crippen molar-refractivity contribution in [2.24, 2.45) is 11.1 Å². The smallest absolute Gasteiger partial charge is 0.227 e. The van der Waals surface area contributed by atoms with E-state index in [1.807, 2.05) is 0 Å². The van der Waals surface area contributed by atoms with Gasteiger partial charge in [0.15, 0.2) is 0 Å². The van der Waals surface area contributed by atoms with Gasteiger partial charge in [0, 0.05) is 13.1 Å². The van der Waals surface area contributed by atoms with Crippen LogP contribution < -0.4 is 11.1 Å². The third-order valence-corrected chi connectivity index (χ3v) is 4.16. The molecular weight excluding hydrogens is 267 g/mol. The Morgan fingerprint density at radius 2 is 2.11 bits per heavy atom. The predicted octanol–water partition coefficient (Wildman–Crippen LogP) is 2.61. The summed E-state index contributed by atoms with van der Waals surface area (Å²) in [4.78, 5) is 12.2. The minimum atomic E-state index is -0.453. The fourth-order valence-electron chi connectivity index (χ4n) is 2.60. The number of hydrogen-bond donors (Lipinski definition) is 2. The molecular formula is C14H18ClFN2O. The molecule has 0 unspecified atom stereocenters. The van der Waals surface area contributed by atoms with E-state index in [4.69, 9.17) is 17.3 Å². The van der Waals surface area contributed by atoms with Gasteiger partial charge in [-0.15, -0.1) is 0 Å². The topological polar surface area (TPSA) is 55.1 Å².